The van der Waals surface area contributed by atoms with Crippen molar-refractivity contribution in [1.82, 2.24) is 34.9 Å². The van der Waals surface area contributed by atoms with Crippen molar-refractivity contribution in [2.75, 3.05) is 82.8 Å². The molecule has 4 aliphatic rings. The molecule has 76 heavy (non-hydrogen) atoms. The molecule has 2 aromatic carbocycles. The minimum absolute atomic E-state index is 0.00277. The summed E-state index contributed by atoms with van der Waals surface area (Å²) in [6, 6.07) is 9.57. The van der Waals surface area contributed by atoms with Crippen LogP contribution < -0.4 is 39.7 Å². The molecule has 6 N–H and O–H groups in total. The SMILES string of the molecule is O=C(Nc1cncc(OC[C@@H](O)CO)c1)N1c2nc(-c3cccc(C(F)(F)F)c3)ncc2N2CCC[C@H]1C2.O=C(Nc1ncc(OC[C@@H](O)CO)cn1)N1c2nc(-c3cccc(C(F)(F)F)c3)ncc2N2CCC[C@H]1C2. The van der Waals surface area contributed by atoms with Crippen LogP contribution in [0.2, 0.25) is 0 Å². The molecule has 2 saturated heterocycles. The molecule has 0 radical (unpaired) electrons. The van der Waals surface area contributed by atoms with Gasteiger partial charge in [0, 0.05) is 43.4 Å². The number of hydrogen-bond acceptors (Lipinski definition) is 17. The summed E-state index contributed by atoms with van der Waals surface area (Å²) in [5.74, 6) is 1.26. The van der Waals surface area contributed by atoms with Gasteiger partial charge in [-0.25, -0.2) is 39.5 Å². The highest BCUT2D eigenvalue weighted by molar-refractivity contribution is 6.05. The Morgan fingerprint density at radius 1 is 0.632 bits per heavy atom. The zero-order valence-corrected chi connectivity index (χ0v) is 40.1. The number of alkyl halides is 6. The lowest BCUT2D eigenvalue weighted by atomic mass is 10.0. The molecule has 21 nitrogen and oxygen atoms in total. The fraction of sp³-hybridized carbons (Fsp3) is 0.367. The van der Waals surface area contributed by atoms with Crippen molar-refractivity contribution in [3.05, 3.63) is 103 Å². The maximum Gasteiger partial charge on any atom is 0.416 e. The van der Waals surface area contributed by atoms with Gasteiger partial charge in [0.2, 0.25) is 5.95 Å². The maximum atomic E-state index is 13.5. The molecular weight excluding hydrogens is 1010 g/mol. The van der Waals surface area contributed by atoms with E-state index in [1.54, 1.807) is 6.20 Å². The Morgan fingerprint density at radius 2 is 1.12 bits per heavy atom. The summed E-state index contributed by atoms with van der Waals surface area (Å²) in [5, 5.41) is 42.1. The van der Waals surface area contributed by atoms with Crippen molar-refractivity contribution < 1.29 is 65.8 Å². The van der Waals surface area contributed by atoms with Crippen LogP contribution in [0.15, 0.2) is 91.8 Å². The van der Waals surface area contributed by atoms with E-state index in [0.29, 0.717) is 48.2 Å². The molecule has 10 rings (SSSR count). The van der Waals surface area contributed by atoms with Crippen molar-refractivity contribution in [2.24, 2.45) is 0 Å². The van der Waals surface area contributed by atoms with Crippen molar-refractivity contribution in [1.29, 1.82) is 0 Å². The van der Waals surface area contributed by atoms with Gasteiger partial charge in [0.1, 0.15) is 31.2 Å². The zero-order valence-electron chi connectivity index (χ0n) is 40.1. The molecular formula is C49H49F6N13O8. The first kappa shape index (κ1) is 52.8. The number of rotatable bonds is 12. The van der Waals surface area contributed by atoms with Crippen molar-refractivity contribution in [3.8, 4) is 34.3 Å². The summed E-state index contributed by atoms with van der Waals surface area (Å²) in [6.45, 7) is 1.44. The number of ether oxygens (including phenoxy) is 2. The Labute approximate surface area is 428 Å². The first-order chi connectivity index (χ1) is 36.4. The van der Waals surface area contributed by atoms with Crippen LogP contribution in [0.1, 0.15) is 36.8 Å². The first-order valence-corrected chi connectivity index (χ1v) is 23.9. The quantitative estimate of drug-likeness (QED) is 0.0766. The van der Waals surface area contributed by atoms with E-state index in [0.717, 1.165) is 56.6 Å². The standard InChI is InChI=1S/C25H25F3N6O4.C24H24F3N7O4/c26-25(27,28)16-4-1-3-15(7-16)22-30-11-21-23(32-22)34(18-5-2-6-33(21)12-18)24(37)31-17-8-20(10-29-9-17)38-14-19(36)13-35;25-24(26,27)15-4-1-3-14(7-15)20-28-10-19-21(31-20)34(16-5-2-6-33(19)11-16)23(37)32-22-29-8-18(9-30-22)38-13-17(36)12-35/h1,3-4,7-11,18-19,35-36H,2,5-6,12-14H2,(H,31,37);1,3-4,7-10,16-17,35-36H,2,5-6,11-13H2,(H,29,30,32,37)/t18-,19-;16-,17-/m00/s1. The number of nitrogens with one attached hydrogen (secondary N) is 2. The number of aromatic nitrogens is 7. The molecule has 27 heteroatoms. The molecule has 400 valence electrons. The zero-order chi connectivity index (χ0) is 53.7. The fourth-order valence-electron chi connectivity index (χ4n) is 8.97. The van der Waals surface area contributed by atoms with Gasteiger partial charge < -0.3 is 45.0 Å². The molecule has 6 aromatic rings. The maximum absolute atomic E-state index is 13.5. The predicted molar refractivity (Wildman–Crippen MR) is 262 cm³/mol. The first-order valence-electron chi connectivity index (χ1n) is 23.9. The fourth-order valence-corrected chi connectivity index (χ4v) is 8.97. The van der Waals surface area contributed by atoms with Crippen LogP contribution in [-0.2, 0) is 12.4 Å². The summed E-state index contributed by atoms with van der Waals surface area (Å²) in [4.78, 5) is 64.0. The van der Waals surface area contributed by atoms with Gasteiger partial charge in [-0.1, -0.05) is 24.3 Å². The van der Waals surface area contributed by atoms with E-state index >= 15 is 0 Å². The monoisotopic (exact) mass is 1060 g/mol. The van der Waals surface area contributed by atoms with E-state index in [4.69, 9.17) is 19.7 Å². The lowest BCUT2D eigenvalue weighted by Crippen LogP contribution is -2.56. The minimum Gasteiger partial charge on any atom is -0.489 e. The van der Waals surface area contributed by atoms with Gasteiger partial charge in [0.15, 0.2) is 29.0 Å². The molecule has 0 saturated carbocycles. The van der Waals surface area contributed by atoms with Crippen LogP contribution in [0.25, 0.3) is 22.8 Å². The van der Waals surface area contributed by atoms with Crippen LogP contribution in [-0.4, -0.2) is 144 Å². The Kier molecular flexibility index (Phi) is 15.6. The van der Waals surface area contributed by atoms with Gasteiger partial charge in [0.25, 0.3) is 0 Å². The number of aliphatic hydroxyl groups excluding tert-OH is 4. The van der Waals surface area contributed by atoms with Crippen molar-refractivity contribution in [2.45, 2.75) is 62.3 Å². The van der Waals surface area contributed by atoms with E-state index in [9.17, 15) is 46.1 Å². The molecule has 2 fully saturated rings. The normalized spacial score (nSPS) is 17.6. The molecule has 4 atom stereocenters. The number of amides is 4. The third kappa shape index (κ3) is 12.1. The number of nitrogens with zero attached hydrogens (tertiary/aromatic N) is 11. The molecule has 4 aromatic heterocycles. The summed E-state index contributed by atoms with van der Waals surface area (Å²) in [6.07, 6.45) is 0.532. The predicted octanol–water partition coefficient (Wildman–Crippen LogP) is 6.02. The lowest BCUT2D eigenvalue weighted by molar-refractivity contribution is -0.138. The van der Waals surface area contributed by atoms with Crippen molar-refractivity contribution in [3.63, 3.8) is 0 Å². The van der Waals surface area contributed by atoms with E-state index in [-0.39, 0.29) is 65.5 Å². The molecule has 8 heterocycles. The number of carbonyl (C=O) groups excluding carboxylic acids is 2. The average Bonchev–Trinajstić information content (AvgIpc) is 3.49. The third-order valence-electron chi connectivity index (χ3n) is 12.6. The Bertz CT molecular complexity index is 3030. The number of hydrogen-bond donors (Lipinski definition) is 6. The second-order valence-electron chi connectivity index (χ2n) is 18.0. The van der Waals surface area contributed by atoms with Gasteiger partial charge in [-0.15, -0.1) is 0 Å². The summed E-state index contributed by atoms with van der Waals surface area (Å²) >= 11 is 0. The molecule has 0 spiro atoms. The highest BCUT2D eigenvalue weighted by atomic mass is 19.4. The van der Waals surface area contributed by atoms with E-state index in [1.165, 1.54) is 71.1 Å². The molecule has 0 unspecified atom stereocenters. The van der Waals surface area contributed by atoms with Gasteiger partial charge in [0.05, 0.1) is 90.7 Å². The minimum atomic E-state index is -4.52. The average molecular weight is 1060 g/mol. The molecule has 4 bridgehead atoms. The Morgan fingerprint density at radius 3 is 1.61 bits per heavy atom. The van der Waals surface area contributed by atoms with Gasteiger partial charge in [-0.2, -0.15) is 26.3 Å². The number of piperidine rings is 2. The van der Waals surface area contributed by atoms with Gasteiger partial charge in [-0.05, 0) is 49.9 Å². The van der Waals surface area contributed by atoms with Gasteiger partial charge >= 0.3 is 24.4 Å². The highest BCUT2D eigenvalue weighted by Crippen LogP contribution is 2.42. The smallest absolute Gasteiger partial charge is 0.416 e. The largest absolute Gasteiger partial charge is 0.489 e. The number of urea groups is 2. The van der Waals surface area contributed by atoms with Gasteiger partial charge in [-0.3, -0.25) is 20.1 Å². The number of carbonyl (C=O) groups is 2. The van der Waals surface area contributed by atoms with Crippen LogP contribution >= 0.6 is 0 Å². The number of pyridine rings is 1. The molecule has 4 aliphatic heterocycles. The summed E-state index contributed by atoms with van der Waals surface area (Å²) in [7, 11) is 0. The number of benzene rings is 2. The highest BCUT2D eigenvalue weighted by Gasteiger charge is 2.41. The number of fused-ring (bicyclic) bond motifs is 8. The van der Waals surface area contributed by atoms with E-state index in [1.807, 2.05) is 0 Å². The van der Waals surface area contributed by atoms with Crippen LogP contribution in [0.4, 0.5) is 70.6 Å². The number of halogens is 6. The molecule has 4 amide bonds. The number of aliphatic hydroxyl groups is 4. The van der Waals surface area contributed by atoms with E-state index in [2.05, 4.69) is 55.3 Å². The lowest BCUT2D eigenvalue weighted by Gasteiger charge is -2.45. The van der Waals surface area contributed by atoms with E-state index < -0.39 is 61.0 Å². The van der Waals surface area contributed by atoms with Crippen LogP contribution in [0, 0.1) is 0 Å². The Hall–Kier alpha value is -8.01. The van der Waals surface area contributed by atoms with Crippen molar-refractivity contribution >= 4 is 46.7 Å². The van der Waals surface area contributed by atoms with Crippen LogP contribution in [0.3, 0.4) is 0 Å². The van der Waals surface area contributed by atoms with Crippen LogP contribution in [0.5, 0.6) is 11.5 Å². The summed E-state index contributed by atoms with van der Waals surface area (Å²) < 4.78 is 90.3. The second-order valence-corrected chi connectivity index (χ2v) is 18.0. The number of anilines is 6. The third-order valence-corrected chi connectivity index (χ3v) is 12.6. The second kappa shape index (κ2) is 22.5. The Balaban J connectivity index is 0.000000186. The topological polar surface area (TPSA) is 261 Å². The summed E-state index contributed by atoms with van der Waals surface area (Å²) in [5.41, 5.74) is 0.304. The molecule has 0 aliphatic carbocycles.